The van der Waals surface area contributed by atoms with Gasteiger partial charge in [0.15, 0.2) is 11.4 Å². The second-order valence-electron chi connectivity index (χ2n) is 11.4. The van der Waals surface area contributed by atoms with Crippen LogP contribution in [0.4, 0.5) is 10.1 Å². The number of para-hydroxylation sites is 1. The van der Waals surface area contributed by atoms with Crippen molar-refractivity contribution in [3.63, 3.8) is 0 Å². The number of carbonyl (C=O) groups excluding carboxylic acids is 4. The minimum atomic E-state index is -0.639. The molecule has 238 valence electrons. The molecule has 5 aromatic rings. The first kappa shape index (κ1) is 31.6. The smallest absolute Gasteiger partial charge is 0.270 e. The van der Waals surface area contributed by atoms with Gasteiger partial charge >= 0.3 is 0 Å². The van der Waals surface area contributed by atoms with Crippen molar-refractivity contribution >= 4 is 46.4 Å². The van der Waals surface area contributed by atoms with E-state index in [4.69, 9.17) is 11.6 Å². The first-order valence-corrected chi connectivity index (χ1v) is 15.3. The number of aromatic nitrogens is 3. The Morgan fingerprint density at radius 2 is 1.77 bits per heavy atom. The lowest BCUT2D eigenvalue weighted by atomic mass is 9.96. The summed E-state index contributed by atoms with van der Waals surface area (Å²) in [5, 5.41) is 13.1. The van der Waals surface area contributed by atoms with Crippen LogP contribution in [0.1, 0.15) is 88.9 Å². The molecule has 6 rings (SSSR count). The summed E-state index contributed by atoms with van der Waals surface area (Å²) in [4.78, 5) is 57.1. The van der Waals surface area contributed by atoms with Gasteiger partial charge in [-0.15, -0.1) is 0 Å². The van der Waals surface area contributed by atoms with Crippen LogP contribution in [0.3, 0.4) is 0 Å². The molecule has 0 saturated carbocycles. The third kappa shape index (κ3) is 6.22. The number of hydrogen-bond donors (Lipinski definition) is 3. The average Bonchev–Trinajstić information content (AvgIpc) is 3.67. The van der Waals surface area contributed by atoms with Gasteiger partial charge in [-0.05, 0) is 79.6 Å². The van der Waals surface area contributed by atoms with Crippen LogP contribution in [0.5, 0.6) is 0 Å². The predicted octanol–water partition coefficient (Wildman–Crippen LogP) is 5.94. The number of hydrogen-bond acceptors (Lipinski definition) is 6. The quantitative estimate of drug-likeness (QED) is 0.178. The van der Waals surface area contributed by atoms with E-state index in [1.165, 1.54) is 29.8 Å². The van der Waals surface area contributed by atoms with Crippen LogP contribution in [0.2, 0.25) is 5.02 Å². The summed E-state index contributed by atoms with van der Waals surface area (Å²) in [7, 11) is 0. The van der Waals surface area contributed by atoms with Gasteiger partial charge in [0.05, 0.1) is 22.9 Å². The molecular weight excluding hydrogens is 623 g/mol. The highest BCUT2D eigenvalue weighted by Gasteiger charge is 2.29. The summed E-state index contributed by atoms with van der Waals surface area (Å²) in [6.45, 7) is 5.08. The summed E-state index contributed by atoms with van der Waals surface area (Å²) in [6.07, 6.45) is 2.56. The van der Waals surface area contributed by atoms with Gasteiger partial charge in [0.1, 0.15) is 22.8 Å². The Hall–Kier alpha value is -5.42. The maximum absolute atomic E-state index is 14.1. The van der Waals surface area contributed by atoms with Gasteiger partial charge in [-0.25, -0.2) is 13.9 Å². The maximum atomic E-state index is 14.1. The van der Waals surface area contributed by atoms with Crippen molar-refractivity contribution in [1.82, 2.24) is 25.2 Å². The van der Waals surface area contributed by atoms with Crippen molar-refractivity contribution in [2.75, 3.05) is 5.32 Å². The highest BCUT2D eigenvalue weighted by atomic mass is 35.5. The largest absolute Gasteiger partial charge is 0.347 e. The molecule has 0 radical (unpaired) electrons. The lowest BCUT2D eigenvalue weighted by molar-refractivity contribution is 0.0926. The molecule has 10 nitrogen and oxygen atoms in total. The van der Waals surface area contributed by atoms with E-state index in [-0.39, 0.29) is 41.0 Å². The van der Waals surface area contributed by atoms with Gasteiger partial charge in [0.2, 0.25) is 0 Å². The Kier molecular flexibility index (Phi) is 8.57. The third-order valence-corrected chi connectivity index (χ3v) is 8.70. The van der Waals surface area contributed by atoms with Gasteiger partial charge in [-0.2, -0.15) is 5.10 Å². The summed E-state index contributed by atoms with van der Waals surface area (Å²) in [5.74, 6) is -2.20. The number of benzene rings is 3. The molecule has 0 saturated heterocycles. The average molecular weight is 653 g/mol. The van der Waals surface area contributed by atoms with Crippen LogP contribution < -0.4 is 16.0 Å². The number of fused-ring (bicyclic) bond motifs is 2. The molecule has 3 N–H and O–H groups in total. The number of halogens is 2. The highest BCUT2D eigenvalue weighted by Crippen LogP contribution is 2.35. The molecule has 47 heavy (non-hydrogen) atoms. The molecule has 0 bridgehead atoms. The Morgan fingerprint density at radius 1 is 0.979 bits per heavy atom. The van der Waals surface area contributed by atoms with E-state index < -0.39 is 23.5 Å². The molecular formula is C35H30ClFN6O4. The second kappa shape index (κ2) is 12.8. The third-order valence-electron chi connectivity index (χ3n) is 8.37. The molecule has 3 aromatic carbocycles. The molecule has 0 aliphatic heterocycles. The van der Waals surface area contributed by atoms with Gasteiger partial charge in [0.25, 0.3) is 17.7 Å². The van der Waals surface area contributed by atoms with E-state index in [2.05, 4.69) is 26.0 Å². The van der Waals surface area contributed by atoms with Crippen molar-refractivity contribution in [1.29, 1.82) is 0 Å². The van der Waals surface area contributed by atoms with Crippen molar-refractivity contribution in [2.24, 2.45) is 0 Å². The van der Waals surface area contributed by atoms with Gasteiger partial charge in [0, 0.05) is 18.2 Å². The normalized spacial score (nSPS) is 13.7. The number of aryl methyl sites for hydroxylation is 1. The Morgan fingerprint density at radius 3 is 2.51 bits per heavy atom. The molecule has 0 unspecified atom stereocenters. The zero-order valence-corrected chi connectivity index (χ0v) is 26.5. The molecule has 12 heteroatoms. The lowest BCUT2D eigenvalue weighted by Gasteiger charge is -2.16. The van der Waals surface area contributed by atoms with E-state index in [9.17, 15) is 23.6 Å². The zero-order valence-electron chi connectivity index (χ0n) is 25.8. The van der Waals surface area contributed by atoms with Crippen molar-refractivity contribution in [2.45, 2.75) is 46.2 Å². The van der Waals surface area contributed by atoms with Crippen molar-refractivity contribution < 1.29 is 23.6 Å². The molecule has 2 heterocycles. The topological polar surface area (TPSA) is 135 Å². The van der Waals surface area contributed by atoms with Crippen LogP contribution >= 0.6 is 11.6 Å². The molecule has 0 fully saturated rings. The number of nitrogens with one attached hydrogen (secondary N) is 3. The number of nitrogens with zero attached hydrogens (tertiary/aromatic N) is 3. The van der Waals surface area contributed by atoms with Crippen LogP contribution in [-0.2, 0) is 13.0 Å². The Labute approximate surface area is 274 Å². The van der Waals surface area contributed by atoms with E-state index in [1.807, 2.05) is 13.0 Å². The summed E-state index contributed by atoms with van der Waals surface area (Å²) in [5.41, 5.74) is 4.66. The minimum absolute atomic E-state index is 0.00396. The van der Waals surface area contributed by atoms with E-state index in [1.54, 1.807) is 49.4 Å². The lowest BCUT2D eigenvalue weighted by Crippen LogP contribution is -2.31. The minimum Gasteiger partial charge on any atom is -0.347 e. The van der Waals surface area contributed by atoms with E-state index in [0.29, 0.717) is 40.2 Å². The van der Waals surface area contributed by atoms with Gasteiger partial charge in [-0.3, -0.25) is 19.2 Å². The first-order valence-electron chi connectivity index (χ1n) is 14.9. The summed E-state index contributed by atoms with van der Waals surface area (Å²) in [6, 6.07) is 15.9. The van der Waals surface area contributed by atoms with Gasteiger partial charge < -0.3 is 16.0 Å². The second-order valence-corrected chi connectivity index (χ2v) is 11.9. The fourth-order valence-electron chi connectivity index (χ4n) is 5.82. The Bertz CT molecular complexity index is 2110. The molecule has 1 aliphatic rings. The van der Waals surface area contributed by atoms with E-state index in [0.717, 1.165) is 16.7 Å². The molecule has 2 aromatic heterocycles. The standard InChI is InChI=1S/C35H30ClFN6O4/c1-18-8-9-21(14-27(18)37)16-38-34(46)30-15-31(35(47)41-28-13-12-23-19(2)22(20(3)44)10-11-24(23)28)43-32(40-30)25(17-39-43)33(45)42-29-7-5-4-6-26(29)36/h4-11,14-15,17,28H,12-13,16H2,1-3H3,(H,38,46)(H,41,47)(H,42,45)/t28-/m0/s1. The van der Waals surface area contributed by atoms with Crippen LogP contribution in [-0.4, -0.2) is 38.1 Å². The monoisotopic (exact) mass is 652 g/mol. The zero-order chi connectivity index (χ0) is 33.4. The van der Waals surface area contributed by atoms with E-state index >= 15 is 0 Å². The van der Waals surface area contributed by atoms with Gasteiger partial charge in [-0.1, -0.05) is 48.0 Å². The number of amides is 3. The summed E-state index contributed by atoms with van der Waals surface area (Å²) < 4.78 is 15.3. The summed E-state index contributed by atoms with van der Waals surface area (Å²) >= 11 is 6.24. The van der Waals surface area contributed by atoms with Crippen LogP contribution in [0.15, 0.2) is 66.9 Å². The number of Topliss-reactive ketones (excluding diaryl/α,β-unsaturated/α-hetero) is 1. The fourth-order valence-corrected chi connectivity index (χ4v) is 6.00. The number of anilines is 1. The highest BCUT2D eigenvalue weighted by molar-refractivity contribution is 6.34. The molecule has 3 amide bonds. The molecule has 1 atom stereocenters. The number of ketones is 1. The van der Waals surface area contributed by atoms with Crippen LogP contribution in [0, 0.1) is 19.7 Å². The van der Waals surface area contributed by atoms with Crippen molar-refractivity contribution in [3.8, 4) is 0 Å². The van der Waals surface area contributed by atoms with Crippen LogP contribution in [0.25, 0.3) is 5.65 Å². The molecule has 1 aliphatic carbocycles. The first-order chi connectivity index (χ1) is 22.5. The SMILES string of the molecule is CC(=O)c1ccc2c(c1C)CC[C@@H]2NC(=O)c1cc(C(=O)NCc2ccc(C)c(F)c2)nc2c(C(=O)Nc3ccccc3Cl)cnn12. The Balaban J connectivity index is 1.34. The maximum Gasteiger partial charge on any atom is 0.270 e. The van der Waals surface area contributed by atoms with Crippen molar-refractivity contribution in [3.05, 3.63) is 128 Å². The number of rotatable bonds is 8. The predicted molar refractivity (Wildman–Crippen MR) is 174 cm³/mol. The fraction of sp³-hybridized carbons (Fsp3) is 0.200. The number of carbonyl (C=O) groups is 4. The molecule has 0 spiro atoms.